The van der Waals surface area contributed by atoms with Gasteiger partial charge in [-0.05, 0) is 59.7 Å². The lowest BCUT2D eigenvalue weighted by atomic mass is 10.1. The minimum absolute atomic E-state index is 0.449. The maximum Gasteiger partial charge on any atom is 0.133 e. The van der Waals surface area contributed by atoms with Gasteiger partial charge >= 0.3 is 0 Å². The van der Waals surface area contributed by atoms with Crippen LogP contribution in [0.2, 0.25) is 0 Å². The lowest BCUT2D eigenvalue weighted by molar-refractivity contribution is 0.390. The monoisotopic (exact) mass is 262 g/mol. The van der Waals surface area contributed by atoms with Crippen LogP contribution in [0, 0.1) is 0 Å². The van der Waals surface area contributed by atoms with Gasteiger partial charge in [-0.1, -0.05) is 6.42 Å². The first-order valence-corrected chi connectivity index (χ1v) is 7.41. The smallest absolute Gasteiger partial charge is 0.133 e. The number of fused-ring (bicyclic) bond motifs is 1. The Labute approximate surface area is 116 Å². The number of anilines is 1. The summed E-state index contributed by atoms with van der Waals surface area (Å²) in [6.45, 7) is 3.33. The molecular formula is C15H26N4. The van der Waals surface area contributed by atoms with Crippen molar-refractivity contribution < 1.29 is 0 Å². The number of aromatic nitrogens is 2. The Kier molecular flexibility index (Phi) is 5.14. The van der Waals surface area contributed by atoms with Gasteiger partial charge in [-0.25, -0.2) is 9.97 Å². The average Bonchev–Trinajstić information content (AvgIpc) is 2.62. The zero-order valence-electron chi connectivity index (χ0n) is 12.4. The first-order valence-electron chi connectivity index (χ1n) is 7.41. The average molecular weight is 262 g/mol. The molecule has 1 aromatic heterocycles. The van der Waals surface area contributed by atoms with Crippen molar-refractivity contribution in [3.8, 4) is 0 Å². The highest BCUT2D eigenvalue weighted by Gasteiger charge is 2.15. The quantitative estimate of drug-likeness (QED) is 0.828. The SMILES string of the molecule is CC(CCN(C)C)Nc1ncnc2c1CCCCC2. The van der Waals surface area contributed by atoms with Crippen LogP contribution in [0.3, 0.4) is 0 Å². The Hall–Kier alpha value is -1.16. The zero-order chi connectivity index (χ0) is 13.7. The standard InChI is InChI=1S/C15H26N4/c1-12(9-10-19(2)3)18-15-13-7-5-4-6-8-14(13)16-11-17-15/h11-12H,4-10H2,1-3H3,(H,16,17,18). The molecule has 0 saturated carbocycles. The third-order valence-electron chi connectivity index (χ3n) is 3.77. The van der Waals surface area contributed by atoms with Crippen LogP contribution in [0.1, 0.15) is 43.9 Å². The van der Waals surface area contributed by atoms with Crippen molar-refractivity contribution in [1.82, 2.24) is 14.9 Å². The highest BCUT2D eigenvalue weighted by molar-refractivity contribution is 5.47. The summed E-state index contributed by atoms with van der Waals surface area (Å²) in [7, 11) is 4.23. The van der Waals surface area contributed by atoms with Crippen molar-refractivity contribution in [1.29, 1.82) is 0 Å². The summed E-state index contributed by atoms with van der Waals surface area (Å²) in [5, 5.41) is 3.58. The zero-order valence-corrected chi connectivity index (χ0v) is 12.4. The van der Waals surface area contributed by atoms with E-state index in [-0.39, 0.29) is 0 Å². The van der Waals surface area contributed by atoms with Gasteiger partial charge in [0.15, 0.2) is 0 Å². The Morgan fingerprint density at radius 3 is 2.79 bits per heavy atom. The van der Waals surface area contributed by atoms with E-state index in [0.29, 0.717) is 6.04 Å². The minimum Gasteiger partial charge on any atom is -0.367 e. The predicted octanol–water partition coefficient (Wildman–Crippen LogP) is 2.50. The van der Waals surface area contributed by atoms with Gasteiger partial charge in [0.05, 0.1) is 0 Å². The molecule has 1 heterocycles. The Morgan fingerprint density at radius 1 is 1.21 bits per heavy atom. The van der Waals surface area contributed by atoms with Crippen LogP contribution < -0.4 is 5.32 Å². The molecule has 0 bridgehead atoms. The van der Waals surface area contributed by atoms with Gasteiger partial charge in [-0.3, -0.25) is 0 Å². The summed E-state index contributed by atoms with van der Waals surface area (Å²) in [5.74, 6) is 1.07. The van der Waals surface area contributed by atoms with Crippen LogP contribution in [0.25, 0.3) is 0 Å². The van der Waals surface area contributed by atoms with Crippen LogP contribution in [-0.2, 0) is 12.8 Å². The van der Waals surface area contributed by atoms with Crippen molar-refractivity contribution in [3.63, 3.8) is 0 Å². The van der Waals surface area contributed by atoms with Gasteiger partial charge in [-0.15, -0.1) is 0 Å². The largest absolute Gasteiger partial charge is 0.367 e. The number of aryl methyl sites for hydroxylation is 1. The van der Waals surface area contributed by atoms with Gasteiger partial charge in [0.1, 0.15) is 12.1 Å². The maximum atomic E-state index is 4.46. The Morgan fingerprint density at radius 2 is 2.00 bits per heavy atom. The topological polar surface area (TPSA) is 41.0 Å². The van der Waals surface area contributed by atoms with Gasteiger partial charge < -0.3 is 10.2 Å². The van der Waals surface area contributed by atoms with E-state index in [1.54, 1.807) is 6.33 Å². The molecule has 4 nitrogen and oxygen atoms in total. The number of hydrogen-bond acceptors (Lipinski definition) is 4. The number of nitrogens with zero attached hydrogens (tertiary/aromatic N) is 3. The van der Waals surface area contributed by atoms with Gasteiger partial charge in [0.25, 0.3) is 0 Å². The highest BCUT2D eigenvalue weighted by Crippen LogP contribution is 2.24. The van der Waals surface area contributed by atoms with Crippen LogP contribution in [0.4, 0.5) is 5.82 Å². The van der Waals surface area contributed by atoms with Crippen LogP contribution in [-0.4, -0.2) is 41.5 Å². The van der Waals surface area contributed by atoms with E-state index in [1.807, 2.05) is 0 Å². The Bertz CT molecular complexity index is 403. The first-order chi connectivity index (χ1) is 9.16. The summed E-state index contributed by atoms with van der Waals surface area (Å²) in [4.78, 5) is 11.1. The number of nitrogens with one attached hydrogen (secondary N) is 1. The summed E-state index contributed by atoms with van der Waals surface area (Å²) in [5.41, 5.74) is 2.62. The number of hydrogen-bond donors (Lipinski definition) is 1. The van der Waals surface area contributed by atoms with Crippen molar-refractivity contribution in [2.45, 2.75) is 51.5 Å². The lowest BCUT2D eigenvalue weighted by Crippen LogP contribution is -2.24. The molecule has 0 aromatic carbocycles. The highest BCUT2D eigenvalue weighted by atomic mass is 15.1. The Balaban J connectivity index is 2.03. The molecule has 4 heteroatoms. The van der Waals surface area contributed by atoms with Crippen LogP contribution in [0.15, 0.2) is 6.33 Å². The molecule has 1 aromatic rings. The van der Waals surface area contributed by atoms with E-state index in [4.69, 9.17) is 0 Å². The van der Waals surface area contributed by atoms with Crippen molar-refractivity contribution in [3.05, 3.63) is 17.6 Å². The lowest BCUT2D eigenvalue weighted by Gasteiger charge is -2.19. The molecule has 1 unspecified atom stereocenters. The molecule has 19 heavy (non-hydrogen) atoms. The summed E-state index contributed by atoms with van der Waals surface area (Å²) < 4.78 is 0. The van der Waals surface area contributed by atoms with E-state index in [9.17, 15) is 0 Å². The van der Waals surface area contributed by atoms with E-state index in [1.165, 1.54) is 30.5 Å². The van der Waals surface area contributed by atoms with Gasteiger partial charge in [0, 0.05) is 17.3 Å². The van der Waals surface area contributed by atoms with E-state index >= 15 is 0 Å². The second-order valence-corrected chi connectivity index (χ2v) is 5.85. The third kappa shape index (κ3) is 4.16. The molecule has 106 valence electrons. The molecule has 1 N–H and O–H groups in total. The predicted molar refractivity (Wildman–Crippen MR) is 79.5 cm³/mol. The molecule has 0 fully saturated rings. The van der Waals surface area contributed by atoms with Gasteiger partial charge in [-0.2, -0.15) is 0 Å². The minimum atomic E-state index is 0.449. The molecule has 0 spiro atoms. The summed E-state index contributed by atoms with van der Waals surface area (Å²) in [6.07, 6.45) is 8.92. The normalized spacial score (nSPS) is 16.8. The van der Waals surface area contributed by atoms with E-state index in [0.717, 1.165) is 31.6 Å². The molecule has 0 radical (unpaired) electrons. The second-order valence-electron chi connectivity index (χ2n) is 5.85. The van der Waals surface area contributed by atoms with Crippen LogP contribution >= 0.6 is 0 Å². The van der Waals surface area contributed by atoms with Crippen LogP contribution in [0.5, 0.6) is 0 Å². The van der Waals surface area contributed by atoms with Crippen molar-refractivity contribution >= 4 is 5.82 Å². The fourth-order valence-corrected chi connectivity index (χ4v) is 2.58. The van der Waals surface area contributed by atoms with Gasteiger partial charge in [0.2, 0.25) is 0 Å². The molecule has 1 aliphatic rings. The third-order valence-corrected chi connectivity index (χ3v) is 3.77. The summed E-state index contributed by atoms with van der Waals surface area (Å²) >= 11 is 0. The molecule has 0 aliphatic heterocycles. The molecule has 0 amide bonds. The second kappa shape index (κ2) is 6.85. The van der Waals surface area contributed by atoms with E-state index < -0.39 is 0 Å². The molecular weight excluding hydrogens is 236 g/mol. The number of rotatable bonds is 5. The fraction of sp³-hybridized carbons (Fsp3) is 0.733. The molecule has 1 atom stereocenters. The van der Waals surface area contributed by atoms with Crippen molar-refractivity contribution in [2.75, 3.05) is 26.0 Å². The first kappa shape index (κ1) is 14.3. The van der Waals surface area contributed by atoms with E-state index in [2.05, 4.69) is 41.2 Å². The fourth-order valence-electron chi connectivity index (χ4n) is 2.58. The molecule has 0 saturated heterocycles. The summed E-state index contributed by atoms with van der Waals surface area (Å²) in [6, 6.07) is 0.449. The molecule has 2 rings (SSSR count). The van der Waals surface area contributed by atoms with Crippen molar-refractivity contribution in [2.24, 2.45) is 0 Å². The molecule has 1 aliphatic carbocycles. The maximum absolute atomic E-state index is 4.46.